The van der Waals surface area contributed by atoms with Crippen molar-refractivity contribution in [3.8, 4) is 5.69 Å². The molecule has 124 valence electrons. The fourth-order valence-electron chi connectivity index (χ4n) is 2.25. The van der Waals surface area contributed by atoms with Crippen LogP contribution in [0.15, 0.2) is 29.4 Å². The van der Waals surface area contributed by atoms with E-state index < -0.39 is 0 Å². The Morgan fingerprint density at radius 2 is 1.74 bits per heavy atom. The number of rotatable bonds is 5. The lowest BCUT2D eigenvalue weighted by molar-refractivity contribution is -0.128. The lowest BCUT2D eigenvalue weighted by Crippen LogP contribution is -2.35. The van der Waals surface area contributed by atoms with E-state index >= 15 is 0 Å². The molecule has 5 nitrogen and oxygen atoms in total. The highest BCUT2D eigenvalue weighted by Crippen LogP contribution is 2.30. The summed E-state index contributed by atoms with van der Waals surface area (Å²) in [5, 5.41) is 9.05. The molecule has 6 heteroatoms. The summed E-state index contributed by atoms with van der Waals surface area (Å²) in [4.78, 5) is 14.1. The second-order valence-electron chi connectivity index (χ2n) is 6.22. The number of aryl methyl sites for hydroxylation is 2. The van der Waals surface area contributed by atoms with Crippen LogP contribution in [0.25, 0.3) is 5.69 Å². The van der Waals surface area contributed by atoms with Gasteiger partial charge in [-0.25, -0.2) is 0 Å². The summed E-state index contributed by atoms with van der Waals surface area (Å²) >= 11 is 1.48. The van der Waals surface area contributed by atoms with E-state index in [1.54, 1.807) is 19.0 Å². The first-order valence-electron chi connectivity index (χ1n) is 7.68. The van der Waals surface area contributed by atoms with Gasteiger partial charge in [-0.3, -0.25) is 9.36 Å². The molecule has 0 radical (unpaired) electrons. The van der Waals surface area contributed by atoms with Crippen LogP contribution in [0.4, 0.5) is 0 Å². The average Bonchev–Trinajstić information content (AvgIpc) is 2.85. The highest BCUT2D eigenvalue weighted by atomic mass is 32.2. The third kappa shape index (κ3) is 3.93. The van der Waals surface area contributed by atoms with Crippen molar-refractivity contribution >= 4 is 17.7 Å². The van der Waals surface area contributed by atoms with Gasteiger partial charge in [-0.2, -0.15) is 0 Å². The molecule has 1 aromatic carbocycles. The fourth-order valence-corrected chi connectivity index (χ4v) is 3.49. The van der Waals surface area contributed by atoms with E-state index in [0.29, 0.717) is 0 Å². The van der Waals surface area contributed by atoms with Crippen LogP contribution >= 0.6 is 11.8 Å². The zero-order valence-electron chi connectivity index (χ0n) is 14.6. The van der Waals surface area contributed by atoms with E-state index in [9.17, 15) is 4.79 Å². The summed E-state index contributed by atoms with van der Waals surface area (Å²) in [6.45, 7) is 8.09. The van der Waals surface area contributed by atoms with E-state index in [0.717, 1.165) is 16.7 Å². The summed E-state index contributed by atoms with van der Waals surface area (Å²) in [6.07, 6.45) is 0. The first kappa shape index (κ1) is 17.5. The van der Waals surface area contributed by atoms with E-state index in [4.69, 9.17) is 0 Å². The highest BCUT2D eigenvalue weighted by Gasteiger charge is 2.27. The molecule has 0 saturated carbocycles. The molecule has 2 rings (SSSR count). The SMILES string of the molecule is Cc1ccc(-n2c(C)nnc2S[C@@H](C(=O)N(C)C)C(C)C)cc1. The van der Waals surface area contributed by atoms with Crippen LogP contribution in [0.2, 0.25) is 0 Å². The number of hydrogen-bond donors (Lipinski definition) is 0. The van der Waals surface area contributed by atoms with Gasteiger partial charge in [0.1, 0.15) is 5.82 Å². The molecular weight excluding hydrogens is 308 g/mol. The van der Waals surface area contributed by atoms with Crippen LogP contribution in [-0.4, -0.2) is 44.9 Å². The van der Waals surface area contributed by atoms with Crippen molar-refractivity contribution in [3.05, 3.63) is 35.7 Å². The Morgan fingerprint density at radius 3 is 2.26 bits per heavy atom. The van der Waals surface area contributed by atoms with Gasteiger partial charge in [-0.05, 0) is 31.9 Å². The summed E-state index contributed by atoms with van der Waals surface area (Å²) in [7, 11) is 3.57. The summed E-state index contributed by atoms with van der Waals surface area (Å²) < 4.78 is 2.00. The van der Waals surface area contributed by atoms with Crippen LogP contribution in [0.3, 0.4) is 0 Å². The zero-order valence-corrected chi connectivity index (χ0v) is 15.4. The van der Waals surface area contributed by atoms with Gasteiger partial charge in [-0.1, -0.05) is 43.3 Å². The molecule has 23 heavy (non-hydrogen) atoms. The van der Waals surface area contributed by atoms with Crippen molar-refractivity contribution in [3.63, 3.8) is 0 Å². The largest absolute Gasteiger partial charge is 0.348 e. The van der Waals surface area contributed by atoms with Crippen molar-refractivity contribution in [1.29, 1.82) is 0 Å². The molecule has 1 amide bonds. The number of amides is 1. The van der Waals surface area contributed by atoms with Crippen LogP contribution in [0.5, 0.6) is 0 Å². The van der Waals surface area contributed by atoms with Gasteiger partial charge in [-0.15, -0.1) is 10.2 Å². The van der Waals surface area contributed by atoms with E-state index in [2.05, 4.69) is 43.1 Å². The predicted molar refractivity (Wildman–Crippen MR) is 94.0 cm³/mol. The maximum Gasteiger partial charge on any atom is 0.235 e. The molecule has 0 bridgehead atoms. The Labute approximate surface area is 142 Å². The molecule has 1 heterocycles. The smallest absolute Gasteiger partial charge is 0.235 e. The standard InChI is InChI=1S/C17H24N4OS/c1-11(2)15(16(22)20(5)6)23-17-19-18-13(4)21(17)14-9-7-12(3)8-10-14/h7-11,15H,1-6H3/t15-/m1/s1. The van der Waals surface area contributed by atoms with Crippen LogP contribution < -0.4 is 0 Å². The molecular formula is C17H24N4OS. The van der Waals surface area contributed by atoms with Gasteiger partial charge >= 0.3 is 0 Å². The Morgan fingerprint density at radius 1 is 1.13 bits per heavy atom. The first-order valence-corrected chi connectivity index (χ1v) is 8.56. The van der Waals surface area contributed by atoms with Crippen LogP contribution in [-0.2, 0) is 4.79 Å². The first-order chi connectivity index (χ1) is 10.8. The number of aromatic nitrogens is 3. The topological polar surface area (TPSA) is 51.0 Å². The predicted octanol–water partition coefficient (Wildman–Crippen LogP) is 3.09. The molecule has 1 atom stereocenters. The minimum atomic E-state index is -0.183. The lowest BCUT2D eigenvalue weighted by atomic mass is 10.1. The third-order valence-electron chi connectivity index (χ3n) is 3.61. The lowest BCUT2D eigenvalue weighted by Gasteiger charge is -2.23. The van der Waals surface area contributed by atoms with Gasteiger partial charge in [0.05, 0.1) is 5.25 Å². The van der Waals surface area contributed by atoms with E-state index in [-0.39, 0.29) is 17.1 Å². The third-order valence-corrected chi connectivity index (χ3v) is 5.08. The van der Waals surface area contributed by atoms with Gasteiger partial charge in [0.25, 0.3) is 0 Å². The van der Waals surface area contributed by atoms with E-state index in [1.807, 2.05) is 23.6 Å². The maximum absolute atomic E-state index is 12.4. The number of carbonyl (C=O) groups is 1. The summed E-state index contributed by atoms with van der Waals surface area (Å²) in [5.41, 5.74) is 2.22. The second-order valence-corrected chi connectivity index (χ2v) is 7.32. The monoisotopic (exact) mass is 332 g/mol. The van der Waals surface area contributed by atoms with Crippen molar-refractivity contribution in [2.45, 2.75) is 38.1 Å². The molecule has 0 saturated heterocycles. The fraction of sp³-hybridized carbons (Fsp3) is 0.471. The van der Waals surface area contributed by atoms with Crippen molar-refractivity contribution < 1.29 is 4.79 Å². The average molecular weight is 332 g/mol. The van der Waals surface area contributed by atoms with Crippen molar-refractivity contribution in [1.82, 2.24) is 19.7 Å². The molecule has 0 aliphatic carbocycles. The zero-order chi connectivity index (χ0) is 17.1. The number of thioether (sulfide) groups is 1. The Kier molecular flexibility index (Phi) is 5.46. The highest BCUT2D eigenvalue weighted by molar-refractivity contribution is 8.00. The van der Waals surface area contributed by atoms with Gasteiger partial charge in [0.2, 0.25) is 5.91 Å². The number of nitrogens with zero attached hydrogens (tertiary/aromatic N) is 4. The van der Waals surface area contributed by atoms with Gasteiger partial charge in [0, 0.05) is 19.8 Å². The quantitative estimate of drug-likeness (QED) is 0.790. The normalized spacial score (nSPS) is 12.5. The van der Waals surface area contributed by atoms with Crippen molar-refractivity contribution in [2.75, 3.05) is 14.1 Å². The maximum atomic E-state index is 12.4. The van der Waals surface area contributed by atoms with Crippen LogP contribution in [0, 0.1) is 19.8 Å². The Bertz CT molecular complexity index is 676. The Hall–Kier alpha value is -1.82. The molecule has 0 unspecified atom stereocenters. The number of hydrogen-bond acceptors (Lipinski definition) is 4. The molecule has 1 aromatic heterocycles. The molecule has 0 aliphatic heterocycles. The molecule has 0 N–H and O–H groups in total. The van der Waals surface area contributed by atoms with Crippen molar-refractivity contribution in [2.24, 2.45) is 5.92 Å². The molecule has 0 spiro atoms. The second kappa shape index (κ2) is 7.17. The Balaban J connectivity index is 2.37. The van der Waals surface area contributed by atoms with Gasteiger partial charge < -0.3 is 4.90 Å². The minimum absolute atomic E-state index is 0.0982. The minimum Gasteiger partial charge on any atom is -0.348 e. The number of benzene rings is 1. The van der Waals surface area contributed by atoms with Crippen LogP contribution in [0.1, 0.15) is 25.2 Å². The molecule has 2 aromatic rings. The molecule has 0 fully saturated rings. The molecule has 0 aliphatic rings. The summed E-state index contributed by atoms with van der Waals surface area (Å²) in [5.74, 6) is 1.12. The number of carbonyl (C=O) groups excluding carboxylic acids is 1. The van der Waals surface area contributed by atoms with Gasteiger partial charge in [0.15, 0.2) is 5.16 Å². The summed E-state index contributed by atoms with van der Waals surface area (Å²) in [6, 6.07) is 8.23. The van der Waals surface area contributed by atoms with E-state index in [1.165, 1.54) is 17.3 Å².